The highest BCUT2D eigenvalue weighted by molar-refractivity contribution is 8.00. The van der Waals surface area contributed by atoms with Crippen molar-refractivity contribution in [2.45, 2.75) is 42.4 Å². The van der Waals surface area contributed by atoms with Gasteiger partial charge in [0.15, 0.2) is 0 Å². The fourth-order valence-electron chi connectivity index (χ4n) is 1.52. The summed E-state index contributed by atoms with van der Waals surface area (Å²) >= 11 is 1.71. The number of nitrogens with two attached hydrogens (primary N) is 1. The summed E-state index contributed by atoms with van der Waals surface area (Å²) in [5.41, 5.74) is 5.45. The summed E-state index contributed by atoms with van der Waals surface area (Å²) in [7, 11) is 0. The van der Waals surface area contributed by atoms with Crippen LogP contribution >= 0.6 is 11.8 Å². The number of benzene rings is 1. The largest absolute Gasteiger partial charge is 0.392 e. The maximum atomic E-state index is 10.1. The number of aliphatic hydroxyl groups is 1. The summed E-state index contributed by atoms with van der Waals surface area (Å²) in [5, 5.41) is 10.1. The molecule has 3 N–H and O–H groups in total. The molecule has 2 nitrogen and oxygen atoms in total. The molecular formula is C13H21NOS. The first kappa shape index (κ1) is 13.6. The van der Waals surface area contributed by atoms with Crippen molar-refractivity contribution in [3.05, 3.63) is 30.3 Å². The molecule has 0 saturated carbocycles. The Morgan fingerprint density at radius 1 is 1.31 bits per heavy atom. The van der Waals surface area contributed by atoms with Gasteiger partial charge in [0.2, 0.25) is 0 Å². The zero-order valence-corrected chi connectivity index (χ0v) is 10.8. The van der Waals surface area contributed by atoms with Gasteiger partial charge in [-0.25, -0.2) is 0 Å². The Balaban J connectivity index is 2.56. The molecular weight excluding hydrogens is 218 g/mol. The van der Waals surface area contributed by atoms with Gasteiger partial charge >= 0.3 is 0 Å². The molecule has 0 heterocycles. The molecule has 0 bridgehead atoms. The van der Waals surface area contributed by atoms with Crippen LogP contribution in [0.15, 0.2) is 35.2 Å². The molecule has 1 aromatic carbocycles. The third kappa shape index (κ3) is 4.16. The van der Waals surface area contributed by atoms with Crippen LogP contribution in [0, 0.1) is 0 Å². The van der Waals surface area contributed by atoms with Crippen LogP contribution in [0.25, 0.3) is 0 Å². The molecule has 0 radical (unpaired) electrons. The van der Waals surface area contributed by atoms with E-state index in [9.17, 15) is 5.11 Å². The van der Waals surface area contributed by atoms with Crippen molar-refractivity contribution in [1.29, 1.82) is 0 Å². The average molecular weight is 239 g/mol. The first-order chi connectivity index (χ1) is 7.56. The van der Waals surface area contributed by atoms with Gasteiger partial charge in [-0.2, -0.15) is 0 Å². The summed E-state index contributed by atoms with van der Waals surface area (Å²) in [4.78, 5) is 1.19. The SMILES string of the molecule is CC(C)(Sc1ccccc1)C(O)CCCN. The molecule has 0 aliphatic heterocycles. The van der Waals surface area contributed by atoms with Crippen LogP contribution in [0.5, 0.6) is 0 Å². The molecule has 1 atom stereocenters. The van der Waals surface area contributed by atoms with Gasteiger partial charge in [0.1, 0.15) is 0 Å². The second-order valence-electron chi connectivity index (χ2n) is 4.47. The van der Waals surface area contributed by atoms with Crippen molar-refractivity contribution < 1.29 is 5.11 Å². The summed E-state index contributed by atoms with van der Waals surface area (Å²) in [6, 6.07) is 10.2. The predicted molar refractivity (Wildman–Crippen MR) is 70.7 cm³/mol. The van der Waals surface area contributed by atoms with Gasteiger partial charge in [-0.05, 0) is 45.4 Å². The Morgan fingerprint density at radius 3 is 2.50 bits per heavy atom. The highest BCUT2D eigenvalue weighted by Crippen LogP contribution is 2.36. The maximum Gasteiger partial charge on any atom is 0.0685 e. The monoisotopic (exact) mass is 239 g/mol. The number of hydrogen-bond donors (Lipinski definition) is 2. The zero-order chi connectivity index (χ0) is 12.0. The van der Waals surface area contributed by atoms with Crippen LogP contribution in [-0.2, 0) is 0 Å². The van der Waals surface area contributed by atoms with Crippen molar-refractivity contribution in [3.8, 4) is 0 Å². The van der Waals surface area contributed by atoms with Crippen LogP contribution in [0.3, 0.4) is 0 Å². The fourth-order valence-corrected chi connectivity index (χ4v) is 2.67. The molecule has 0 aliphatic rings. The Morgan fingerprint density at radius 2 is 1.94 bits per heavy atom. The Kier molecular flexibility index (Phi) is 5.32. The lowest BCUT2D eigenvalue weighted by molar-refractivity contribution is 0.131. The van der Waals surface area contributed by atoms with Gasteiger partial charge in [0, 0.05) is 9.64 Å². The van der Waals surface area contributed by atoms with Crippen LogP contribution in [0.1, 0.15) is 26.7 Å². The lowest BCUT2D eigenvalue weighted by Crippen LogP contribution is -2.33. The lowest BCUT2D eigenvalue weighted by Gasteiger charge is -2.30. The molecule has 90 valence electrons. The second kappa shape index (κ2) is 6.28. The second-order valence-corrected chi connectivity index (χ2v) is 6.19. The molecule has 0 amide bonds. The summed E-state index contributed by atoms with van der Waals surface area (Å²) in [6.45, 7) is 4.79. The first-order valence-corrected chi connectivity index (χ1v) is 6.50. The predicted octanol–water partition coefficient (Wildman–Crippen LogP) is 2.66. The minimum Gasteiger partial charge on any atom is -0.392 e. The lowest BCUT2D eigenvalue weighted by atomic mass is 10.0. The van der Waals surface area contributed by atoms with Crippen molar-refractivity contribution >= 4 is 11.8 Å². The molecule has 0 fully saturated rings. The average Bonchev–Trinajstić information content (AvgIpc) is 2.26. The first-order valence-electron chi connectivity index (χ1n) is 5.68. The van der Waals surface area contributed by atoms with E-state index in [1.807, 2.05) is 18.2 Å². The molecule has 16 heavy (non-hydrogen) atoms. The summed E-state index contributed by atoms with van der Waals surface area (Å²) in [6.07, 6.45) is 1.32. The van der Waals surface area contributed by atoms with Gasteiger partial charge < -0.3 is 10.8 Å². The van der Waals surface area contributed by atoms with Crippen molar-refractivity contribution in [3.63, 3.8) is 0 Å². The third-order valence-electron chi connectivity index (χ3n) is 2.61. The van der Waals surface area contributed by atoms with E-state index in [0.29, 0.717) is 6.54 Å². The van der Waals surface area contributed by atoms with Gasteiger partial charge in [0.05, 0.1) is 6.10 Å². The molecule has 1 unspecified atom stereocenters. The fraction of sp³-hybridized carbons (Fsp3) is 0.538. The maximum absolute atomic E-state index is 10.1. The summed E-state index contributed by atoms with van der Waals surface area (Å²) in [5.74, 6) is 0. The van der Waals surface area contributed by atoms with E-state index in [0.717, 1.165) is 12.8 Å². The van der Waals surface area contributed by atoms with E-state index in [2.05, 4.69) is 26.0 Å². The summed E-state index contributed by atoms with van der Waals surface area (Å²) < 4.78 is -0.170. The number of rotatable bonds is 6. The normalized spacial score (nSPS) is 13.8. The standard InChI is InChI=1S/C13H21NOS/c1-13(2,12(15)9-6-10-14)16-11-7-4-3-5-8-11/h3-5,7-8,12,15H,6,9-10,14H2,1-2H3. The Bertz CT molecular complexity index is 300. The quantitative estimate of drug-likeness (QED) is 0.750. The Labute approximate surface area is 102 Å². The molecule has 0 aromatic heterocycles. The van der Waals surface area contributed by atoms with Crippen molar-refractivity contribution in [2.24, 2.45) is 5.73 Å². The Hall–Kier alpha value is -0.510. The van der Waals surface area contributed by atoms with E-state index in [4.69, 9.17) is 5.73 Å². The van der Waals surface area contributed by atoms with Crippen molar-refractivity contribution in [1.82, 2.24) is 0 Å². The minimum absolute atomic E-state index is 0.170. The van der Waals surface area contributed by atoms with Gasteiger partial charge in [-0.15, -0.1) is 11.8 Å². The van der Waals surface area contributed by atoms with E-state index < -0.39 is 0 Å². The van der Waals surface area contributed by atoms with Gasteiger partial charge in [-0.1, -0.05) is 18.2 Å². The number of thioether (sulfide) groups is 1. The number of aliphatic hydroxyl groups excluding tert-OH is 1. The van der Waals surface area contributed by atoms with Gasteiger partial charge in [0.25, 0.3) is 0 Å². The molecule has 1 aromatic rings. The van der Waals surface area contributed by atoms with E-state index >= 15 is 0 Å². The third-order valence-corrected chi connectivity index (χ3v) is 3.91. The van der Waals surface area contributed by atoms with Crippen LogP contribution < -0.4 is 5.73 Å². The van der Waals surface area contributed by atoms with E-state index in [-0.39, 0.29) is 10.9 Å². The van der Waals surface area contributed by atoms with E-state index in [1.165, 1.54) is 4.90 Å². The zero-order valence-electron chi connectivity index (χ0n) is 10.0. The topological polar surface area (TPSA) is 46.2 Å². The highest BCUT2D eigenvalue weighted by atomic mass is 32.2. The smallest absolute Gasteiger partial charge is 0.0685 e. The van der Waals surface area contributed by atoms with Crippen LogP contribution in [0.4, 0.5) is 0 Å². The molecule has 3 heteroatoms. The molecule has 0 spiro atoms. The molecule has 0 saturated heterocycles. The molecule has 0 aliphatic carbocycles. The van der Waals surface area contributed by atoms with Crippen LogP contribution in [-0.4, -0.2) is 22.5 Å². The van der Waals surface area contributed by atoms with Crippen LogP contribution in [0.2, 0.25) is 0 Å². The number of hydrogen-bond acceptors (Lipinski definition) is 3. The minimum atomic E-state index is -0.318. The molecule has 1 rings (SSSR count). The van der Waals surface area contributed by atoms with E-state index in [1.54, 1.807) is 11.8 Å². The van der Waals surface area contributed by atoms with Gasteiger partial charge in [-0.3, -0.25) is 0 Å². The highest BCUT2D eigenvalue weighted by Gasteiger charge is 2.28. The van der Waals surface area contributed by atoms with Crippen molar-refractivity contribution in [2.75, 3.05) is 6.54 Å².